The van der Waals surface area contributed by atoms with Gasteiger partial charge in [0.2, 0.25) is 0 Å². The highest BCUT2D eigenvalue weighted by Crippen LogP contribution is 2.17. The number of aromatic nitrogens is 1. The molecule has 58 valence electrons. The minimum Gasteiger partial charge on any atom is -0.254 e. The lowest BCUT2D eigenvalue weighted by Gasteiger charge is -1.94. The molecule has 2 aromatic rings. The highest BCUT2D eigenvalue weighted by atomic mass is 16.3. The second kappa shape index (κ2) is 2.70. The van der Waals surface area contributed by atoms with E-state index in [9.17, 15) is 4.91 Å². The summed E-state index contributed by atoms with van der Waals surface area (Å²) in [4.78, 5) is 14.2. The first-order valence-electron chi connectivity index (χ1n) is 3.58. The lowest BCUT2D eigenvalue weighted by molar-refractivity contribution is 1.37. The Morgan fingerprint density at radius 2 is 2.08 bits per heavy atom. The first-order valence-corrected chi connectivity index (χ1v) is 3.58. The van der Waals surface area contributed by atoms with Crippen molar-refractivity contribution in [1.29, 1.82) is 0 Å². The number of pyridine rings is 1. The van der Waals surface area contributed by atoms with Crippen LogP contribution in [0.25, 0.3) is 10.9 Å². The molecule has 1 aromatic carbocycles. The molecule has 1 heterocycles. The Morgan fingerprint density at radius 1 is 1.25 bits per heavy atom. The van der Waals surface area contributed by atoms with Crippen molar-refractivity contribution in [2.45, 2.75) is 0 Å². The molecule has 2 rings (SSSR count). The maximum Gasteiger partial charge on any atom is 0.126 e. The summed E-state index contributed by atoms with van der Waals surface area (Å²) in [5.74, 6) is 0. The topological polar surface area (TPSA) is 42.3 Å². The van der Waals surface area contributed by atoms with Crippen LogP contribution >= 0.6 is 0 Å². The van der Waals surface area contributed by atoms with Gasteiger partial charge in [-0.25, -0.2) is 0 Å². The van der Waals surface area contributed by atoms with Crippen LogP contribution < -0.4 is 0 Å². The van der Waals surface area contributed by atoms with Gasteiger partial charge < -0.3 is 0 Å². The van der Waals surface area contributed by atoms with Gasteiger partial charge in [0, 0.05) is 5.39 Å². The number of fused-ring (bicyclic) bond motifs is 1. The van der Waals surface area contributed by atoms with Gasteiger partial charge in [-0.05, 0) is 17.3 Å². The number of para-hydroxylation sites is 1. The summed E-state index contributed by atoms with van der Waals surface area (Å²) >= 11 is 0. The maximum atomic E-state index is 10.2. The van der Waals surface area contributed by atoms with E-state index in [4.69, 9.17) is 0 Å². The van der Waals surface area contributed by atoms with Gasteiger partial charge in [-0.3, -0.25) is 4.98 Å². The molecule has 12 heavy (non-hydrogen) atoms. The lowest BCUT2D eigenvalue weighted by atomic mass is 10.2. The average molecular weight is 158 g/mol. The van der Waals surface area contributed by atoms with Gasteiger partial charge in [0.15, 0.2) is 0 Å². The molecule has 3 nitrogen and oxygen atoms in total. The molecule has 0 radical (unpaired) electrons. The van der Waals surface area contributed by atoms with Crippen molar-refractivity contribution in [1.82, 2.24) is 4.98 Å². The van der Waals surface area contributed by atoms with E-state index in [0.717, 1.165) is 10.9 Å². The molecule has 0 atom stereocenters. The third-order valence-electron chi connectivity index (χ3n) is 1.68. The van der Waals surface area contributed by atoms with Crippen LogP contribution in [0.15, 0.2) is 41.7 Å². The standard InChI is InChI=1S/C9H6N2O/c12-11-8-5-7-3-1-2-4-9(7)10-6-8/h1-6H. The van der Waals surface area contributed by atoms with Gasteiger partial charge in [-0.15, -0.1) is 4.91 Å². The Morgan fingerprint density at radius 3 is 2.92 bits per heavy atom. The van der Waals surface area contributed by atoms with Crippen LogP contribution in [0.1, 0.15) is 0 Å². The quantitative estimate of drug-likeness (QED) is 0.598. The molecule has 0 amide bonds. The van der Waals surface area contributed by atoms with Crippen molar-refractivity contribution in [3.05, 3.63) is 41.4 Å². The van der Waals surface area contributed by atoms with E-state index in [1.165, 1.54) is 6.20 Å². The van der Waals surface area contributed by atoms with E-state index in [-0.39, 0.29) is 0 Å². The van der Waals surface area contributed by atoms with E-state index in [1.54, 1.807) is 6.07 Å². The monoisotopic (exact) mass is 158 g/mol. The van der Waals surface area contributed by atoms with Crippen LogP contribution in [-0.2, 0) is 0 Å². The molecule has 0 bridgehead atoms. The summed E-state index contributed by atoms with van der Waals surface area (Å²) in [6.45, 7) is 0. The molecular weight excluding hydrogens is 152 g/mol. The smallest absolute Gasteiger partial charge is 0.126 e. The number of benzene rings is 1. The van der Waals surface area contributed by atoms with Gasteiger partial charge in [0.1, 0.15) is 5.69 Å². The molecule has 1 aromatic heterocycles. The average Bonchev–Trinajstić information content (AvgIpc) is 2.17. The summed E-state index contributed by atoms with van der Waals surface area (Å²) in [5.41, 5.74) is 1.25. The Labute approximate surface area is 69.0 Å². The maximum absolute atomic E-state index is 10.2. The summed E-state index contributed by atoms with van der Waals surface area (Å²) < 4.78 is 0. The van der Waals surface area contributed by atoms with E-state index < -0.39 is 0 Å². The highest BCUT2D eigenvalue weighted by Gasteiger charge is 1.95. The number of hydrogen-bond donors (Lipinski definition) is 0. The van der Waals surface area contributed by atoms with Gasteiger partial charge in [-0.2, -0.15) is 0 Å². The third-order valence-corrected chi connectivity index (χ3v) is 1.68. The predicted molar refractivity (Wildman–Crippen MR) is 47.2 cm³/mol. The second-order valence-electron chi connectivity index (χ2n) is 2.48. The predicted octanol–water partition coefficient (Wildman–Crippen LogP) is 2.63. The Bertz CT molecular complexity index is 426. The molecule has 0 fully saturated rings. The zero-order chi connectivity index (χ0) is 8.39. The van der Waals surface area contributed by atoms with Crippen LogP contribution in [0.4, 0.5) is 5.69 Å². The Hall–Kier alpha value is -1.77. The van der Waals surface area contributed by atoms with Crippen LogP contribution in [-0.4, -0.2) is 4.98 Å². The van der Waals surface area contributed by atoms with Crippen molar-refractivity contribution in [2.24, 2.45) is 5.18 Å². The summed E-state index contributed by atoms with van der Waals surface area (Å²) in [7, 11) is 0. The molecule has 0 N–H and O–H groups in total. The molecule has 0 saturated carbocycles. The van der Waals surface area contributed by atoms with Gasteiger partial charge in [0.25, 0.3) is 0 Å². The summed E-state index contributed by atoms with van der Waals surface area (Å²) in [5, 5.41) is 3.75. The number of rotatable bonds is 1. The minimum absolute atomic E-state index is 0.369. The van der Waals surface area contributed by atoms with E-state index in [2.05, 4.69) is 10.2 Å². The molecule has 0 spiro atoms. The normalized spacial score (nSPS) is 10.0. The van der Waals surface area contributed by atoms with Crippen molar-refractivity contribution in [2.75, 3.05) is 0 Å². The number of nitrogens with zero attached hydrogens (tertiary/aromatic N) is 2. The van der Waals surface area contributed by atoms with Crippen LogP contribution in [0.5, 0.6) is 0 Å². The molecule has 3 heteroatoms. The zero-order valence-corrected chi connectivity index (χ0v) is 6.27. The van der Waals surface area contributed by atoms with E-state index in [1.807, 2.05) is 24.3 Å². The van der Waals surface area contributed by atoms with Crippen LogP contribution in [0, 0.1) is 4.91 Å². The van der Waals surface area contributed by atoms with E-state index >= 15 is 0 Å². The molecule has 0 aliphatic carbocycles. The van der Waals surface area contributed by atoms with Crippen LogP contribution in [0.3, 0.4) is 0 Å². The van der Waals surface area contributed by atoms with E-state index in [0.29, 0.717) is 5.69 Å². The minimum atomic E-state index is 0.369. The third kappa shape index (κ3) is 1.05. The first-order chi connectivity index (χ1) is 5.90. The Kier molecular flexibility index (Phi) is 1.55. The van der Waals surface area contributed by atoms with Crippen molar-refractivity contribution in [3.8, 4) is 0 Å². The fourth-order valence-corrected chi connectivity index (χ4v) is 1.11. The number of hydrogen-bond acceptors (Lipinski definition) is 3. The largest absolute Gasteiger partial charge is 0.254 e. The van der Waals surface area contributed by atoms with Gasteiger partial charge in [0.05, 0.1) is 11.7 Å². The molecular formula is C9H6N2O. The molecule has 0 unspecified atom stereocenters. The van der Waals surface area contributed by atoms with Gasteiger partial charge in [-0.1, -0.05) is 18.2 Å². The zero-order valence-electron chi connectivity index (χ0n) is 6.27. The Balaban J connectivity index is 2.75. The summed E-state index contributed by atoms with van der Waals surface area (Å²) in [6.07, 6.45) is 1.47. The highest BCUT2D eigenvalue weighted by molar-refractivity contribution is 5.80. The fourth-order valence-electron chi connectivity index (χ4n) is 1.11. The lowest BCUT2D eigenvalue weighted by Crippen LogP contribution is -1.75. The first kappa shape index (κ1) is 6.91. The van der Waals surface area contributed by atoms with Crippen molar-refractivity contribution >= 4 is 16.6 Å². The fraction of sp³-hybridized carbons (Fsp3) is 0. The van der Waals surface area contributed by atoms with Crippen molar-refractivity contribution < 1.29 is 0 Å². The molecule has 0 saturated heterocycles. The second-order valence-corrected chi connectivity index (χ2v) is 2.48. The molecule has 0 aliphatic rings. The SMILES string of the molecule is O=Nc1cnc2ccccc2c1. The number of nitroso groups, excluding NO2 is 1. The molecule has 0 aliphatic heterocycles. The van der Waals surface area contributed by atoms with Crippen LogP contribution in [0.2, 0.25) is 0 Å². The van der Waals surface area contributed by atoms with Gasteiger partial charge >= 0.3 is 0 Å². The summed E-state index contributed by atoms with van der Waals surface area (Å²) in [6, 6.07) is 9.32. The van der Waals surface area contributed by atoms with Crippen molar-refractivity contribution in [3.63, 3.8) is 0 Å².